The Balaban J connectivity index is 0.000000667. The van der Waals surface area contributed by atoms with E-state index in [9.17, 15) is 34.4 Å². The smallest absolute Gasteiger partial charge is 0.410 e. The summed E-state index contributed by atoms with van der Waals surface area (Å²) in [6.45, 7) is -0.339. The number of carbonyl (C=O) groups is 4. The summed E-state index contributed by atoms with van der Waals surface area (Å²) in [6, 6.07) is 4.53. The molecule has 1 fully saturated rings. The minimum atomic E-state index is -1.20. The van der Waals surface area contributed by atoms with Crippen molar-refractivity contribution in [2.24, 2.45) is 5.73 Å². The van der Waals surface area contributed by atoms with Crippen molar-refractivity contribution in [1.82, 2.24) is 20.9 Å². The predicted molar refractivity (Wildman–Crippen MR) is 145 cm³/mol. The van der Waals surface area contributed by atoms with Crippen LogP contribution in [-0.2, 0) is 19.1 Å². The molecule has 1 unspecified atom stereocenters. The molecular weight excluding hydrogens is 528 g/mol. The van der Waals surface area contributed by atoms with Crippen LogP contribution in [0.3, 0.4) is 0 Å². The highest BCUT2D eigenvalue weighted by molar-refractivity contribution is 5.89. The van der Waals surface area contributed by atoms with Gasteiger partial charge in [-0.15, -0.1) is 0 Å². The molecule has 40 heavy (non-hydrogen) atoms. The van der Waals surface area contributed by atoms with Gasteiger partial charge in [-0.05, 0) is 37.8 Å². The number of carboxylic acids is 1. The van der Waals surface area contributed by atoms with Crippen molar-refractivity contribution in [3.63, 3.8) is 0 Å². The molecule has 2 rings (SSSR count). The standard InChI is InChI=1S/C18H32N6O6.C6H6N2O2/c1-30-18(29)24(12-6-3-2-4-7-12)11-15(26)22-10-14(25)23-13(16(27)28)8-5-9-21-17(19)20;7-5-1-3-6(4-2-5)8(9)10/h12-13H,2-11H2,1H3,(H,22,26)(H,23,25)(H,27,28)(H4,19,20,21);1-4H,7H2. The zero-order valence-corrected chi connectivity index (χ0v) is 22.4. The largest absolute Gasteiger partial charge is 0.480 e. The SMILES string of the molecule is COC(=O)N(CC(=O)NCC(=O)NC(CCCNC(=N)N)C(=O)O)C1CCCCC1.Nc1ccc([N+](=O)[O-])cc1. The number of non-ortho nitro benzene ring substituents is 1. The molecule has 16 nitrogen and oxygen atoms in total. The van der Waals surface area contributed by atoms with Gasteiger partial charge in [0.15, 0.2) is 5.96 Å². The van der Waals surface area contributed by atoms with Crippen molar-refractivity contribution in [2.75, 3.05) is 32.5 Å². The Kier molecular flexibility index (Phi) is 14.9. The van der Waals surface area contributed by atoms with E-state index in [-0.39, 0.29) is 30.7 Å². The van der Waals surface area contributed by atoms with Crippen LogP contribution in [0.5, 0.6) is 0 Å². The van der Waals surface area contributed by atoms with Crippen molar-refractivity contribution in [1.29, 1.82) is 5.41 Å². The van der Waals surface area contributed by atoms with E-state index in [4.69, 9.17) is 21.6 Å². The van der Waals surface area contributed by atoms with Gasteiger partial charge >= 0.3 is 12.1 Å². The van der Waals surface area contributed by atoms with E-state index in [1.54, 1.807) is 0 Å². The van der Waals surface area contributed by atoms with Crippen LogP contribution >= 0.6 is 0 Å². The molecule has 0 spiro atoms. The van der Waals surface area contributed by atoms with Crippen molar-refractivity contribution >= 4 is 41.2 Å². The van der Waals surface area contributed by atoms with Gasteiger partial charge in [-0.1, -0.05) is 19.3 Å². The number of aliphatic carboxylic acids is 1. The number of ether oxygens (including phenoxy) is 1. The van der Waals surface area contributed by atoms with Crippen molar-refractivity contribution < 1.29 is 33.9 Å². The number of nitrogens with zero attached hydrogens (tertiary/aromatic N) is 2. The lowest BCUT2D eigenvalue weighted by atomic mass is 9.94. The van der Waals surface area contributed by atoms with E-state index >= 15 is 0 Å². The lowest BCUT2D eigenvalue weighted by Crippen LogP contribution is -2.50. The number of nitro benzene ring substituents is 1. The number of carbonyl (C=O) groups excluding carboxylic acids is 3. The number of anilines is 1. The molecule has 1 aliphatic rings. The van der Waals surface area contributed by atoms with Crippen LogP contribution in [0.2, 0.25) is 0 Å². The Hall–Kier alpha value is -4.63. The van der Waals surface area contributed by atoms with E-state index in [2.05, 4.69) is 16.0 Å². The normalized spacial score (nSPS) is 13.4. The van der Waals surface area contributed by atoms with Crippen LogP contribution < -0.4 is 27.4 Å². The fourth-order valence-corrected chi connectivity index (χ4v) is 3.87. The molecule has 1 saturated carbocycles. The number of rotatable bonds is 12. The molecule has 1 aromatic rings. The fraction of sp³-hybridized carbons (Fsp3) is 0.542. The minimum absolute atomic E-state index is 0.0641. The van der Waals surface area contributed by atoms with Gasteiger partial charge in [0.25, 0.3) is 5.69 Å². The highest BCUT2D eigenvalue weighted by Crippen LogP contribution is 2.23. The van der Waals surface area contributed by atoms with Gasteiger partial charge < -0.3 is 37.3 Å². The number of hydrogen-bond acceptors (Lipinski definition) is 9. The molecule has 1 aliphatic carbocycles. The molecule has 0 aromatic heterocycles. The maximum absolute atomic E-state index is 12.2. The zero-order valence-electron chi connectivity index (χ0n) is 22.4. The van der Waals surface area contributed by atoms with E-state index in [0.717, 1.165) is 32.1 Å². The Bertz CT molecular complexity index is 1010. The third-order valence-electron chi connectivity index (χ3n) is 5.91. The number of benzene rings is 1. The second kappa shape index (κ2) is 17.8. The molecule has 0 heterocycles. The Morgan fingerprint density at radius 1 is 1.15 bits per heavy atom. The number of carboxylic acid groups (broad SMARTS) is 1. The van der Waals surface area contributed by atoms with E-state index in [1.807, 2.05) is 0 Å². The number of nitrogen functional groups attached to an aromatic ring is 1. The highest BCUT2D eigenvalue weighted by atomic mass is 16.6. The molecule has 16 heteroatoms. The van der Waals surface area contributed by atoms with Crippen LogP contribution in [0, 0.1) is 15.5 Å². The molecule has 222 valence electrons. The van der Waals surface area contributed by atoms with Gasteiger partial charge in [0.2, 0.25) is 11.8 Å². The lowest BCUT2D eigenvalue weighted by Gasteiger charge is -2.32. The molecule has 3 amide bonds. The summed E-state index contributed by atoms with van der Waals surface area (Å²) >= 11 is 0. The van der Waals surface area contributed by atoms with Crippen molar-refractivity contribution in [3.8, 4) is 0 Å². The number of methoxy groups -OCH3 is 1. The first-order chi connectivity index (χ1) is 18.9. The van der Waals surface area contributed by atoms with Crippen LogP contribution in [0.15, 0.2) is 24.3 Å². The molecule has 0 radical (unpaired) electrons. The van der Waals surface area contributed by atoms with E-state index in [1.165, 1.54) is 36.3 Å². The average molecular weight is 567 g/mol. The van der Waals surface area contributed by atoms with Crippen LogP contribution in [0.1, 0.15) is 44.9 Å². The number of amides is 3. The first-order valence-electron chi connectivity index (χ1n) is 12.7. The zero-order chi connectivity index (χ0) is 30.1. The van der Waals surface area contributed by atoms with Gasteiger partial charge in [-0.2, -0.15) is 0 Å². The molecule has 0 aliphatic heterocycles. The number of nitrogens with two attached hydrogens (primary N) is 2. The first-order valence-corrected chi connectivity index (χ1v) is 12.7. The molecule has 1 atom stereocenters. The van der Waals surface area contributed by atoms with Gasteiger partial charge in [0.05, 0.1) is 18.6 Å². The second-order valence-corrected chi connectivity index (χ2v) is 8.96. The number of nitrogens with one attached hydrogen (secondary N) is 4. The molecule has 0 saturated heterocycles. The Morgan fingerprint density at radius 3 is 2.30 bits per heavy atom. The monoisotopic (exact) mass is 566 g/mol. The maximum Gasteiger partial charge on any atom is 0.410 e. The van der Waals surface area contributed by atoms with Crippen molar-refractivity contribution in [3.05, 3.63) is 34.4 Å². The van der Waals surface area contributed by atoms with E-state index < -0.39 is 41.4 Å². The Morgan fingerprint density at radius 2 is 1.77 bits per heavy atom. The summed E-state index contributed by atoms with van der Waals surface area (Å²) in [5.41, 5.74) is 11.0. The lowest BCUT2D eigenvalue weighted by molar-refractivity contribution is -0.384. The Labute approximate surface area is 231 Å². The first kappa shape index (κ1) is 33.4. The molecule has 9 N–H and O–H groups in total. The summed E-state index contributed by atoms with van der Waals surface area (Å²) in [6.07, 6.45) is 4.54. The number of nitro groups is 1. The van der Waals surface area contributed by atoms with Crippen LogP contribution in [-0.4, -0.2) is 83.6 Å². The van der Waals surface area contributed by atoms with Gasteiger partial charge in [0.1, 0.15) is 12.6 Å². The summed E-state index contributed by atoms with van der Waals surface area (Å²) in [5.74, 6) is -2.61. The topological polar surface area (TPSA) is 256 Å². The molecule has 1 aromatic carbocycles. The van der Waals surface area contributed by atoms with Crippen LogP contribution in [0.4, 0.5) is 16.2 Å². The minimum Gasteiger partial charge on any atom is -0.480 e. The maximum atomic E-state index is 12.2. The predicted octanol–water partition coefficient (Wildman–Crippen LogP) is 0.513. The summed E-state index contributed by atoms with van der Waals surface area (Å²) < 4.78 is 4.77. The van der Waals surface area contributed by atoms with Crippen LogP contribution in [0.25, 0.3) is 0 Å². The molecule has 0 bridgehead atoms. The van der Waals surface area contributed by atoms with Gasteiger partial charge in [0, 0.05) is 30.4 Å². The second-order valence-electron chi connectivity index (χ2n) is 8.96. The average Bonchev–Trinajstić information content (AvgIpc) is 2.92. The van der Waals surface area contributed by atoms with Gasteiger partial charge in [-0.25, -0.2) is 9.59 Å². The third-order valence-corrected chi connectivity index (χ3v) is 5.91. The summed E-state index contributed by atoms with van der Waals surface area (Å²) in [5, 5.41) is 33.6. The molecular formula is C24H38N8O8. The number of guanidine groups is 1. The quantitative estimate of drug-likeness (QED) is 0.0458. The number of hydrogen-bond donors (Lipinski definition) is 7. The summed E-state index contributed by atoms with van der Waals surface area (Å²) in [7, 11) is 1.25. The van der Waals surface area contributed by atoms with Gasteiger partial charge in [-0.3, -0.25) is 30.0 Å². The summed E-state index contributed by atoms with van der Waals surface area (Å²) in [4.78, 5) is 58.5. The fourth-order valence-electron chi connectivity index (χ4n) is 3.87. The highest BCUT2D eigenvalue weighted by Gasteiger charge is 2.28. The van der Waals surface area contributed by atoms with E-state index in [0.29, 0.717) is 18.7 Å². The van der Waals surface area contributed by atoms with Crippen molar-refractivity contribution in [2.45, 2.75) is 57.0 Å². The third kappa shape index (κ3) is 13.3.